The normalized spacial score (nSPS) is 19.4. The molecule has 2 aromatic carbocycles. The van der Waals surface area contributed by atoms with Gasteiger partial charge in [0, 0.05) is 5.56 Å². The summed E-state index contributed by atoms with van der Waals surface area (Å²) in [6.45, 7) is 5.44. The van der Waals surface area contributed by atoms with E-state index in [4.69, 9.17) is 27.9 Å². The second kappa shape index (κ2) is 6.20. The van der Waals surface area contributed by atoms with Crippen molar-refractivity contribution in [2.75, 3.05) is 13.7 Å². The summed E-state index contributed by atoms with van der Waals surface area (Å²) in [5.41, 5.74) is 4.41. The number of halogens is 2. The van der Waals surface area contributed by atoms with Crippen molar-refractivity contribution in [3.05, 3.63) is 64.3 Å². The molecule has 1 aliphatic rings. The third-order valence-corrected chi connectivity index (χ3v) is 4.76. The van der Waals surface area contributed by atoms with Gasteiger partial charge in [-0.25, -0.2) is 0 Å². The minimum absolute atomic E-state index is 0.539. The zero-order valence-corrected chi connectivity index (χ0v) is 15.1. The third kappa shape index (κ3) is 2.99. The summed E-state index contributed by atoms with van der Waals surface area (Å²) in [4.78, 5) is 0. The molecule has 1 aliphatic heterocycles. The van der Waals surface area contributed by atoms with E-state index in [0.29, 0.717) is 21.1 Å². The van der Waals surface area contributed by atoms with Crippen molar-refractivity contribution >= 4 is 33.9 Å². The molecule has 0 radical (unpaired) electrons. The van der Waals surface area contributed by atoms with Crippen LogP contribution in [0.2, 0.25) is 5.02 Å². The van der Waals surface area contributed by atoms with Gasteiger partial charge in [0.25, 0.3) is 0 Å². The van der Waals surface area contributed by atoms with Crippen LogP contribution in [0.3, 0.4) is 0 Å². The summed E-state index contributed by atoms with van der Waals surface area (Å²) in [6.07, 6.45) is 2.04. The Bertz CT molecular complexity index is 768. The molecule has 0 saturated heterocycles. The Balaban J connectivity index is 2.07. The average molecular weight is 349 g/mol. The molecule has 2 nitrogen and oxygen atoms in total. The predicted molar refractivity (Wildman–Crippen MR) is 99.1 cm³/mol. The first kappa shape index (κ1) is 16.4. The Hall–Kier alpha value is -1.48. The maximum absolute atomic E-state index is 6.54. The van der Waals surface area contributed by atoms with Crippen LogP contribution in [-0.2, 0) is 6.54 Å². The molecule has 3 rings (SSSR count). The zero-order valence-electron chi connectivity index (χ0n) is 13.6. The van der Waals surface area contributed by atoms with Gasteiger partial charge in [-0.15, -0.1) is 0 Å². The Kier molecular flexibility index (Phi) is 4.41. The quantitative estimate of drug-likeness (QED) is 0.640. The van der Waals surface area contributed by atoms with Gasteiger partial charge in [-0.05, 0) is 26.0 Å². The average Bonchev–Trinajstić information content (AvgIpc) is 2.77. The number of ether oxygens (including phenoxy) is 1. The van der Waals surface area contributed by atoms with E-state index in [-0.39, 0.29) is 0 Å². The van der Waals surface area contributed by atoms with Gasteiger partial charge in [0.15, 0.2) is 5.69 Å². The van der Waals surface area contributed by atoms with Crippen molar-refractivity contribution in [3.8, 4) is 5.75 Å². The van der Waals surface area contributed by atoms with Crippen molar-refractivity contribution in [2.24, 2.45) is 0 Å². The van der Waals surface area contributed by atoms with Crippen LogP contribution < -0.4 is 9.22 Å². The first-order chi connectivity index (χ1) is 10.9. The van der Waals surface area contributed by atoms with Gasteiger partial charge < -0.3 is 4.74 Å². The summed E-state index contributed by atoms with van der Waals surface area (Å²) < 4.78 is 6.28. The van der Waals surface area contributed by atoms with Gasteiger partial charge in [0.05, 0.1) is 13.7 Å². The molecule has 2 aromatic rings. The monoisotopic (exact) mass is 348 g/mol. The molecule has 1 atom stereocenters. The molecule has 0 N–H and O–H groups in total. The minimum atomic E-state index is 0.539. The van der Waals surface area contributed by atoms with Crippen LogP contribution in [0.5, 0.6) is 5.75 Å². The standard InChI is InChI=1S/C19H20Cl2NO/c1-4-23-17-10-9-15(20)19-18(17)16(21)12-22(19,3)11-14-7-5-13(2)6-8-14/h5-10,12H,4,11H2,1-3H3/q+1. The van der Waals surface area contributed by atoms with Crippen molar-refractivity contribution in [1.29, 1.82) is 0 Å². The van der Waals surface area contributed by atoms with E-state index in [9.17, 15) is 0 Å². The molecule has 0 fully saturated rings. The number of benzene rings is 2. The highest BCUT2D eigenvalue weighted by molar-refractivity contribution is 6.51. The molecule has 0 spiro atoms. The second-order valence-corrected chi connectivity index (χ2v) is 6.91. The molecule has 0 bridgehead atoms. The van der Waals surface area contributed by atoms with Crippen LogP contribution >= 0.6 is 23.2 Å². The minimum Gasteiger partial charge on any atom is -0.493 e. The number of fused-ring (bicyclic) bond motifs is 1. The summed E-state index contributed by atoms with van der Waals surface area (Å²) in [7, 11) is 2.12. The van der Waals surface area contributed by atoms with Crippen molar-refractivity contribution < 1.29 is 4.74 Å². The Morgan fingerprint density at radius 3 is 2.39 bits per heavy atom. The smallest absolute Gasteiger partial charge is 0.169 e. The molecule has 0 aromatic heterocycles. The second-order valence-electron chi connectivity index (χ2n) is 6.09. The number of rotatable bonds is 4. The van der Waals surface area contributed by atoms with Gasteiger partial charge in [-0.3, -0.25) is 4.48 Å². The topological polar surface area (TPSA) is 9.23 Å². The predicted octanol–water partition coefficient (Wildman–Crippen LogP) is 5.74. The maximum atomic E-state index is 6.54. The first-order valence-electron chi connectivity index (χ1n) is 7.70. The van der Waals surface area contributed by atoms with Crippen LogP contribution in [0.4, 0.5) is 5.69 Å². The maximum Gasteiger partial charge on any atom is 0.169 e. The van der Waals surface area contributed by atoms with E-state index >= 15 is 0 Å². The van der Waals surface area contributed by atoms with Gasteiger partial charge in [0.2, 0.25) is 0 Å². The van der Waals surface area contributed by atoms with E-state index in [1.807, 2.05) is 25.3 Å². The summed E-state index contributed by atoms with van der Waals surface area (Å²) in [5, 5.41) is 1.41. The molecule has 0 amide bonds. The van der Waals surface area contributed by atoms with Gasteiger partial charge >= 0.3 is 0 Å². The number of aryl methyl sites for hydroxylation is 1. The van der Waals surface area contributed by atoms with E-state index in [1.54, 1.807) is 0 Å². The first-order valence-corrected chi connectivity index (χ1v) is 8.45. The van der Waals surface area contributed by atoms with E-state index in [2.05, 4.69) is 38.2 Å². The molecule has 1 heterocycles. The van der Waals surface area contributed by atoms with Crippen molar-refractivity contribution in [3.63, 3.8) is 0 Å². The fraction of sp³-hybridized carbons (Fsp3) is 0.263. The van der Waals surface area contributed by atoms with E-state index in [1.165, 1.54) is 11.1 Å². The van der Waals surface area contributed by atoms with Crippen LogP contribution in [0.25, 0.3) is 5.03 Å². The fourth-order valence-electron chi connectivity index (χ4n) is 3.13. The van der Waals surface area contributed by atoms with Crippen molar-refractivity contribution in [1.82, 2.24) is 4.48 Å². The largest absolute Gasteiger partial charge is 0.493 e. The molecule has 120 valence electrons. The highest BCUT2D eigenvalue weighted by Gasteiger charge is 2.39. The number of hydrogen-bond acceptors (Lipinski definition) is 1. The molecule has 4 heteroatoms. The number of quaternary nitrogens is 1. The summed E-state index contributed by atoms with van der Waals surface area (Å²) in [6, 6.07) is 12.3. The van der Waals surface area contributed by atoms with Gasteiger partial charge in [-0.2, -0.15) is 0 Å². The molecule has 0 saturated carbocycles. The van der Waals surface area contributed by atoms with Crippen LogP contribution in [-0.4, -0.2) is 13.7 Å². The van der Waals surface area contributed by atoms with E-state index < -0.39 is 0 Å². The molecular weight excluding hydrogens is 329 g/mol. The summed E-state index contributed by atoms with van der Waals surface area (Å²) in [5.74, 6) is 0.791. The lowest BCUT2D eigenvalue weighted by atomic mass is 10.1. The molecular formula is C19H20Cl2NO+. The van der Waals surface area contributed by atoms with Crippen LogP contribution in [0.15, 0.2) is 42.6 Å². The molecule has 23 heavy (non-hydrogen) atoms. The van der Waals surface area contributed by atoms with E-state index in [0.717, 1.165) is 23.5 Å². The zero-order chi connectivity index (χ0) is 16.6. The van der Waals surface area contributed by atoms with Gasteiger partial charge in [-0.1, -0.05) is 53.0 Å². The van der Waals surface area contributed by atoms with Crippen LogP contribution in [0, 0.1) is 6.92 Å². The SMILES string of the molecule is CCOc1ccc(Cl)c2c1C(Cl)=C[N+]2(C)Cc1ccc(C)cc1. The van der Waals surface area contributed by atoms with Crippen molar-refractivity contribution in [2.45, 2.75) is 20.4 Å². The number of hydrogen-bond donors (Lipinski definition) is 0. The summed E-state index contributed by atoms with van der Waals surface area (Å²) >= 11 is 13.1. The Morgan fingerprint density at radius 2 is 1.74 bits per heavy atom. The van der Waals surface area contributed by atoms with Crippen LogP contribution in [0.1, 0.15) is 23.6 Å². The Morgan fingerprint density at radius 1 is 1.04 bits per heavy atom. The lowest BCUT2D eigenvalue weighted by Gasteiger charge is -2.28. The van der Waals surface area contributed by atoms with Gasteiger partial charge in [0.1, 0.15) is 34.1 Å². The lowest BCUT2D eigenvalue weighted by molar-refractivity contribution is 0.338. The highest BCUT2D eigenvalue weighted by atomic mass is 35.5. The highest BCUT2D eigenvalue weighted by Crippen LogP contribution is 2.50. The third-order valence-electron chi connectivity index (χ3n) is 4.17. The number of nitrogens with zero attached hydrogens (tertiary/aromatic N) is 1. The lowest BCUT2D eigenvalue weighted by Crippen LogP contribution is -2.37. The Labute approximate surface area is 147 Å². The molecule has 0 aliphatic carbocycles. The fourth-order valence-corrected chi connectivity index (χ4v) is 3.88. The molecule has 1 unspecified atom stereocenters.